The SMILES string of the molecule is O=c1ccccn1CCCN1CC(CF)C1. The lowest BCUT2D eigenvalue weighted by Gasteiger charge is -2.37. The normalized spacial score (nSPS) is 17.3. The van der Waals surface area contributed by atoms with Crippen LogP contribution in [0.2, 0.25) is 0 Å². The van der Waals surface area contributed by atoms with Gasteiger partial charge >= 0.3 is 0 Å². The fraction of sp³-hybridized carbons (Fsp3) is 0.583. The first-order valence-corrected chi connectivity index (χ1v) is 5.73. The Balaban J connectivity index is 1.69. The first-order chi connectivity index (χ1) is 7.79. The lowest BCUT2D eigenvalue weighted by atomic mass is 10.0. The molecule has 1 aromatic heterocycles. The van der Waals surface area contributed by atoms with Crippen LogP contribution in [0.15, 0.2) is 29.2 Å². The van der Waals surface area contributed by atoms with E-state index in [2.05, 4.69) is 4.90 Å². The van der Waals surface area contributed by atoms with Gasteiger partial charge in [-0.25, -0.2) is 0 Å². The second-order valence-electron chi connectivity index (χ2n) is 4.37. The fourth-order valence-corrected chi connectivity index (χ4v) is 2.07. The van der Waals surface area contributed by atoms with E-state index in [4.69, 9.17) is 0 Å². The highest BCUT2D eigenvalue weighted by Gasteiger charge is 2.25. The monoisotopic (exact) mass is 224 g/mol. The molecule has 1 aliphatic heterocycles. The van der Waals surface area contributed by atoms with Crippen molar-refractivity contribution in [3.8, 4) is 0 Å². The second kappa shape index (κ2) is 5.25. The van der Waals surface area contributed by atoms with Gasteiger partial charge in [-0.2, -0.15) is 0 Å². The Morgan fingerprint density at radius 1 is 1.31 bits per heavy atom. The van der Waals surface area contributed by atoms with Crippen molar-refractivity contribution in [2.45, 2.75) is 13.0 Å². The van der Waals surface area contributed by atoms with Crippen molar-refractivity contribution in [2.24, 2.45) is 5.92 Å². The minimum atomic E-state index is -0.200. The van der Waals surface area contributed by atoms with E-state index in [0.717, 1.165) is 32.6 Å². The van der Waals surface area contributed by atoms with Gasteiger partial charge in [0, 0.05) is 37.8 Å². The molecule has 88 valence electrons. The van der Waals surface area contributed by atoms with Gasteiger partial charge in [-0.05, 0) is 19.0 Å². The average Bonchev–Trinajstić information content (AvgIpc) is 2.24. The molecule has 1 aliphatic rings. The van der Waals surface area contributed by atoms with Crippen molar-refractivity contribution in [1.82, 2.24) is 9.47 Å². The molecule has 0 radical (unpaired) electrons. The molecule has 3 nitrogen and oxygen atoms in total. The predicted octanol–water partition coefficient (Wildman–Crippen LogP) is 1.14. The summed E-state index contributed by atoms with van der Waals surface area (Å²) in [6, 6.07) is 5.19. The molecule has 0 unspecified atom stereocenters. The van der Waals surface area contributed by atoms with E-state index in [9.17, 15) is 9.18 Å². The average molecular weight is 224 g/mol. The number of hydrogen-bond acceptors (Lipinski definition) is 2. The van der Waals surface area contributed by atoms with Gasteiger partial charge in [0.25, 0.3) is 0 Å². The number of hydrogen-bond donors (Lipinski definition) is 0. The Morgan fingerprint density at radius 3 is 2.81 bits per heavy atom. The molecule has 0 bridgehead atoms. The zero-order valence-corrected chi connectivity index (χ0v) is 9.31. The molecule has 16 heavy (non-hydrogen) atoms. The molecule has 2 rings (SSSR count). The number of rotatable bonds is 5. The maximum absolute atomic E-state index is 12.2. The Labute approximate surface area is 94.5 Å². The fourth-order valence-electron chi connectivity index (χ4n) is 2.07. The number of aryl methyl sites for hydroxylation is 1. The Morgan fingerprint density at radius 2 is 2.12 bits per heavy atom. The van der Waals surface area contributed by atoms with E-state index in [0.29, 0.717) is 0 Å². The Hall–Kier alpha value is -1.16. The van der Waals surface area contributed by atoms with Crippen molar-refractivity contribution in [2.75, 3.05) is 26.3 Å². The van der Waals surface area contributed by atoms with Crippen LogP contribution in [0.5, 0.6) is 0 Å². The third-order valence-corrected chi connectivity index (χ3v) is 3.02. The van der Waals surface area contributed by atoms with Crippen LogP contribution in [-0.4, -0.2) is 35.8 Å². The summed E-state index contributed by atoms with van der Waals surface area (Å²) in [6.45, 7) is 3.25. The standard InChI is InChI=1S/C12H17FN2O/c13-8-11-9-14(10-11)5-3-7-15-6-2-1-4-12(15)16/h1-2,4,6,11H,3,5,7-10H2. The molecular weight excluding hydrogens is 207 g/mol. The van der Waals surface area contributed by atoms with E-state index in [1.54, 1.807) is 16.7 Å². The molecule has 4 heteroatoms. The summed E-state index contributed by atoms with van der Waals surface area (Å²) in [6.07, 6.45) is 2.76. The minimum Gasteiger partial charge on any atom is -0.315 e. The van der Waals surface area contributed by atoms with Gasteiger partial charge in [-0.15, -0.1) is 0 Å². The largest absolute Gasteiger partial charge is 0.315 e. The topological polar surface area (TPSA) is 25.2 Å². The molecule has 1 saturated heterocycles. The van der Waals surface area contributed by atoms with Crippen molar-refractivity contribution < 1.29 is 4.39 Å². The maximum atomic E-state index is 12.2. The van der Waals surface area contributed by atoms with Crippen LogP contribution in [0.4, 0.5) is 4.39 Å². The van der Waals surface area contributed by atoms with Crippen LogP contribution in [0.25, 0.3) is 0 Å². The predicted molar refractivity (Wildman–Crippen MR) is 61.2 cm³/mol. The third-order valence-electron chi connectivity index (χ3n) is 3.02. The van der Waals surface area contributed by atoms with Crippen LogP contribution in [0, 0.1) is 5.92 Å². The zero-order chi connectivity index (χ0) is 11.4. The van der Waals surface area contributed by atoms with Crippen molar-refractivity contribution in [1.29, 1.82) is 0 Å². The van der Waals surface area contributed by atoms with Crippen LogP contribution in [-0.2, 0) is 6.54 Å². The van der Waals surface area contributed by atoms with Crippen molar-refractivity contribution in [3.05, 3.63) is 34.7 Å². The summed E-state index contributed by atoms with van der Waals surface area (Å²) in [7, 11) is 0. The molecular formula is C12H17FN2O. The van der Waals surface area contributed by atoms with Crippen LogP contribution in [0.1, 0.15) is 6.42 Å². The summed E-state index contributed by atoms with van der Waals surface area (Å²) in [4.78, 5) is 13.6. The third kappa shape index (κ3) is 2.70. The van der Waals surface area contributed by atoms with E-state index >= 15 is 0 Å². The summed E-state index contributed by atoms with van der Waals surface area (Å²) < 4.78 is 13.9. The molecule has 0 atom stereocenters. The Bertz CT molecular complexity index is 385. The number of likely N-dealkylation sites (tertiary alicyclic amines) is 1. The van der Waals surface area contributed by atoms with E-state index in [1.165, 1.54) is 0 Å². The molecule has 0 N–H and O–H groups in total. The van der Waals surface area contributed by atoms with Gasteiger partial charge < -0.3 is 9.47 Å². The van der Waals surface area contributed by atoms with Gasteiger partial charge in [0.05, 0.1) is 6.67 Å². The van der Waals surface area contributed by atoms with Crippen LogP contribution >= 0.6 is 0 Å². The van der Waals surface area contributed by atoms with Crippen LogP contribution in [0.3, 0.4) is 0 Å². The maximum Gasteiger partial charge on any atom is 0.250 e. The van der Waals surface area contributed by atoms with E-state index in [1.807, 2.05) is 12.3 Å². The lowest BCUT2D eigenvalue weighted by molar-refractivity contribution is 0.0787. The molecule has 0 spiro atoms. The zero-order valence-electron chi connectivity index (χ0n) is 9.31. The minimum absolute atomic E-state index is 0.0488. The number of pyridine rings is 1. The number of aromatic nitrogens is 1. The quantitative estimate of drug-likeness (QED) is 0.749. The van der Waals surface area contributed by atoms with Crippen LogP contribution < -0.4 is 5.56 Å². The summed E-state index contributed by atoms with van der Waals surface area (Å²) in [5.74, 6) is 0.249. The summed E-state index contributed by atoms with van der Waals surface area (Å²) in [5.41, 5.74) is 0.0488. The molecule has 0 saturated carbocycles. The van der Waals surface area contributed by atoms with Gasteiger partial charge in [-0.3, -0.25) is 9.18 Å². The second-order valence-corrected chi connectivity index (χ2v) is 4.37. The van der Waals surface area contributed by atoms with Gasteiger partial charge in [0.2, 0.25) is 5.56 Å². The first kappa shape index (κ1) is 11.3. The van der Waals surface area contributed by atoms with E-state index < -0.39 is 0 Å². The molecule has 1 aromatic rings. The molecule has 0 aromatic carbocycles. The van der Waals surface area contributed by atoms with Gasteiger partial charge in [0.15, 0.2) is 0 Å². The number of halogens is 1. The van der Waals surface area contributed by atoms with Crippen molar-refractivity contribution in [3.63, 3.8) is 0 Å². The molecule has 0 amide bonds. The Kier molecular flexibility index (Phi) is 3.72. The molecule has 2 heterocycles. The number of nitrogens with zero attached hydrogens (tertiary/aromatic N) is 2. The number of alkyl halides is 1. The summed E-state index contributed by atoms with van der Waals surface area (Å²) >= 11 is 0. The highest BCUT2D eigenvalue weighted by atomic mass is 19.1. The van der Waals surface area contributed by atoms with Gasteiger partial charge in [0.1, 0.15) is 0 Å². The van der Waals surface area contributed by atoms with Gasteiger partial charge in [-0.1, -0.05) is 6.07 Å². The summed E-state index contributed by atoms with van der Waals surface area (Å²) in [5, 5.41) is 0. The smallest absolute Gasteiger partial charge is 0.250 e. The lowest BCUT2D eigenvalue weighted by Crippen LogP contribution is -2.48. The highest BCUT2D eigenvalue weighted by Crippen LogP contribution is 2.15. The molecule has 1 fully saturated rings. The van der Waals surface area contributed by atoms with E-state index in [-0.39, 0.29) is 18.2 Å². The molecule has 0 aliphatic carbocycles. The first-order valence-electron chi connectivity index (χ1n) is 5.73. The highest BCUT2D eigenvalue weighted by molar-refractivity contribution is 4.93. The van der Waals surface area contributed by atoms with Crippen molar-refractivity contribution >= 4 is 0 Å².